The first-order valence-corrected chi connectivity index (χ1v) is 6.02. The molecule has 2 aromatic rings. The predicted octanol–water partition coefficient (Wildman–Crippen LogP) is -1.00. The Morgan fingerprint density at radius 2 is 2.11 bits per heavy atom. The molecule has 0 bridgehead atoms. The summed E-state index contributed by atoms with van der Waals surface area (Å²) in [6.45, 7) is 1.29. The van der Waals surface area contributed by atoms with Crippen LogP contribution in [0.2, 0.25) is 0 Å². The number of nitrogens with zero attached hydrogens (tertiary/aromatic N) is 7. The number of aromatic nitrogens is 6. The maximum atomic E-state index is 9.69. The summed E-state index contributed by atoms with van der Waals surface area (Å²) in [5, 5.41) is 13.6. The molecule has 1 aliphatic rings. The van der Waals surface area contributed by atoms with Crippen molar-refractivity contribution in [1.82, 2.24) is 29.7 Å². The lowest BCUT2D eigenvalue weighted by Crippen LogP contribution is -2.39. The van der Waals surface area contributed by atoms with E-state index in [9.17, 15) is 5.11 Å². The van der Waals surface area contributed by atoms with E-state index in [2.05, 4.69) is 25.0 Å². The van der Waals surface area contributed by atoms with Gasteiger partial charge in [-0.3, -0.25) is 0 Å². The Labute approximate surface area is 109 Å². The topological polar surface area (TPSA) is 119 Å². The van der Waals surface area contributed by atoms with Crippen LogP contribution in [-0.4, -0.2) is 54.0 Å². The summed E-state index contributed by atoms with van der Waals surface area (Å²) in [6.07, 6.45) is 4.22. The van der Waals surface area contributed by atoms with Crippen LogP contribution in [0, 0.1) is 0 Å². The van der Waals surface area contributed by atoms with E-state index in [1.807, 2.05) is 4.90 Å². The summed E-state index contributed by atoms with van der Waals surface area (Å²) in [6, 6.07) is 0. The van der Waals surface area contributed by atoms with Gasteiger partial charge >= 0.3 is 0 Å². The Kier molecular flexibility index (Phi) is 2.95. The minimum atomic E-state index is -0.360. The Morgan fingerprint density at radius 3 is 2.84 bits per heavy atom. The van der Waals surface area contributed by atoms with Crippen molar-refractivity contribution in [2.24, 2.45) is 0 Å². The highest BCUT2D eigenvalue weighted by Gasteiger charge is 2.21. The molecule has 0 saturated carbocycles. The summed E-state index contributed by atoms with van der Waals surface area (Å²) < 4.78 is 1.42. The molecule has 9 nitrogen and oxygen atoms in total. The minimum absolute atomic E-state index is 0.121. The zero-order valence-corrected chi connectivity index (χ0v) is 10.2. The number of hydrogen-bond acceptors (Lipinski definition) is 8. The van der Waals surface area contributed by atoms with Gasteiger partial charge in [0.05, 0.1) is 6.10 Å². The van der Waals surface area contributed by atoms with Crippen molar-refractivity contribution in [2.45, 2.75) is 18.9 Å². The second-order valence-electron chi connectivity index (χ2n) is 4.38. The third-order valence-electron chi connectivity index (χ3n) is 2.93. The molecule has 0 amide bonds. The van der Waals surface area contributed by atoms with Crippen molar-refractivity contribution in [3.05, 3.63) is 12.7 Å². The first kappa shape index (κ1) is 11.8. The number of hydrogen-bond donors (Lipinski definition) is 2. The Hall–Kier alpha value is -2.29. The number of rotatable bonds is 2. The Morgan fingerprint density at radius 1 is 1.26 bits per heavy atom. The summed E-state index contributed by atoms with van der Waals surface area (Å²) in [7, 11) is 0. The molecule has 2 aromatic heterocycles. The molecular formula is C10H14N8O. The van der Waals surface area contributed by atoms with Crippen molar-refractivity contribution in [3.8, 4) is 5.95 Å². The van der Waals surface area contributed by atoms with Crippen LogP contribution in [0.4, 0.5) is 11.9 Å². The van der Waals surface area contributed by atoms with Gasteiger partial charge in [0.25, 0.3) is 5.95 Å². The van der Waals surface area contributed by atoms with Gasteiger partial charge in [-0.2, -0.15) is 24.7 Å². The fourth-order valence-corrected chi connectivity index (χ4v) is 2.06. The summed E-state index contributed by atoms with van der Waals surface area (Å²) >= 11 is 0. The average Bonchev–Trinajstić information content (AvgIpc) is 2.92. The van der Waals surface area contributed by atoms with Crippen LogP contribution < -0.4 is 10.6 Å². The molecule has 3 N–H and O–H groups in total. The summed E-state index contributed by atoms with van der Waals surface area (Å²) in [5.74, 6) is 0.896. The first-order valence-electron chi connectivity index (χ1n) is 6.02. The SMILES string of the molecule is Nc1nc(N2CCCC(O)C2)nc(-n2cncn2)n1. The molecule has 1 unspecified atom stereocenters. The Bertz CT molecular complexity index is 557. The summed E-state index contributed by atoms with van der Waals surface area (Å²) in [5.41, 5.74) is 5.69. The quantitative estimate of drug-likeness (QED) is 0.707. The molecule has 1 saturated heterocycles. The van der Waals surface area contributed by atoms with Crippen molar-refractivity contribution >= 4 is 11.9 Å². The zero-order chi connectivity index (χ0) is 13.2. The number of aliphatic hydroxyl groups is 1. The minimum Gasteiger partial charge on any atom is -0.391 e. The molecule has 3 heterocycles. The lowest BCUT2D eigenvalue weighted by molar-refractivity contribution is 0.153. The van der Waals surface area contributed by atoms with Gasteiger partial charge < -0.3 is 15.7 Å². The molecule has 3 rings (SSSR count). The third kappa shape index (κ3) is 2.45. The van der Waals surface area contributed by atoms with Crippen molar-refractivity contribution in [3.63, 3.8) is 0 Å². The molecular weight excluding hydrogens is 248 g/mol. The van der Waals surface area contributed by atoms with Crippen LogP contribution in [0.5, 0.6) is 0 Å². The third-order valence-corrected chi connectivity index (χ3v) is 2.93. The highest BCUT2D eigenvalue weighted by molar-refractivity contribution is 5.38. The van der Waals surface area contributed by atoms with Gasteiger partial charge in [0.2, 0.25) is 11.9 Å². The number of anilines is 2. The lowest BCUT2D eigenvalue weighted by Gasteiger charge is -2.30. The highest BCUT2D eigenvalue weighted by Crippen LogP contribution is 2.17. The second-order valence-corrected chi connectivity index (χ2v) is 4.38. The molecule has 19 heavy (non-hydrogen) atoms. The molecule has 1 fully saturated rings. The van der Waals surface area contributed by atoms with E-state index in [1.54, 1.807) is 0 Å². The summed E-state index contributed by atoms with van der Waals surface area (Å²) in [4.78, 5) is 18.2. The standard InChI is InChI=1S/C10H14N8O/c11-8-14-9(17-3-1-2-7(19)4-17)16-10(15-8)18-6-12-5-13-18/h5-7,19H,1-4H2,(H2,11,14,15,16). The maximum absolute atomic E-state index is 9.69. The molecule has 100 valence electrons. The number of nitrogens with two attached hydrogens (primary N) is 1. The fraction of sp³-hybridized carbons (Fsp3) is 0.500. The molecule has 0 aliphatic carbocycles. The van der Waals surface area contributed by atoms with Crippen LogP contribution in [0.1, 0.15) is 12.8 Å². The van der Waals surface area contributed by atoms with E-state index in [1.165, 1.54) is 17.3 Å². The van der Waals surface area contributed by atoms with Crippen molar-refractivity contribution in [1.29, 1.82) is 0 Å². The molecule has 9 heteroatoms. The van der Waals surface area contributed by atoms with Gasteiger partial charge in [0.15, 0.2) is 0 Å². The normalized spacial score (nSPS) is 19.6. The molecule has 0 aromatic carbocycles. The van der Waals surface area contributed by atoms with E-state index in [-0.39, 0.29) is 12.1 Å². The van der Waals surface area contributed by atoms with E-state index in [0.29, 0.717) is 18.4 Å². The first-order chi connectivity index (χ1) is 9.22. The number of β-amino-alcohol motifs (C(OH)–C–C–N with tert-alkyl or cyclic N) is 1. The van der Waals surface area contributed by atoms with Gasteiger partial charge in [-0.25, -0.2) is 4.98 Å². The molecule has 0 spiro atoms. The van der Waals surface area contributed by atoms with Crippen LogP contribution in [-0.2, 0) is 0 Å². The van der Waals surface area contributed by atoms with E-state index in [4.69, 9.17) is 5.73 Å². The number of nitrogen functional groups attached to an aromatic ring is 1. The second kappa shape index (κ2) is 4.76. The molecule has 1 aliphatic heterocycles. The van der Waals surface area contributed by atoms with E-state index >= 15 is 0 Å². The lowest BCUT2D eigenvalue weighted by atomic mass is 10.1. The van der Waals surface area contributed by atoms with E-state index < -0.39 is 0 Å². The zero-order valence-electron chi connectivity index (χ0n) is 10.2. The highest BCUT2D eigenvalue weighted by atomic mass is 16.3. The van der Waals surface area contributed by atoms with Crippen LogP contribution in [0.15, 0.2) is 12.7 Å². The number of piperidine rings is 1. The van der Waals surface area contributed by atoms with Gasteiger partial charge in [-0.05, 0) is 12.8 Å². The molecule has 0 radical (unpaired) electrons. The number of aliphatic hydroxyl groups excluding tert-OH is 1. The largest absolute Gasteiger partial charge is 0.391 e. The van der Waals surface area contributed by atoms with Crippen molar-refractivity contribution in [2.75, 3.05) is 23.7 Å². The van der Waals surface area contributed by atoms with Gasteiger partial charge in [-0.15, -0.1) is 0 Å². The maximum Gasteiger partial charge on any atom is 0.258 e. The van der Waals surface area contributed by atoms with Gasteiger partial charge in [-0.1, -0.05) is 0 Å². The fourth-order valence-electron chi connectivity index (χ4n) is 2.06. The van der Waals surface area contributed by atoms with Crippen LogP contribution in [0.25, 0.3) is 5.95 Å². The predicted molar refractivity (Wildman–Crippen MR) is 66.6 cm³/mol. The Balaban J connectivity index is 1.93. The molecule has 1 atom stereocenters. The van der Waals surface area contributed by atoms with Crippen LogP contribution >= 0.6 is 0 Å². The monoisotopic (exact) mass is 262 g/mol. The smallest absolute Gasteiger partial charge is 0.258 e. The van der Waals surface area contributed by atoms with Gasteiger partial charge in [0, 0.05) is 13.1 Å². The van der Waals surface area contributed by atoms with Crippen LogP contribution in [0.3, 0.4) is 0 Å². The van der Waals surface area contributed by atoms with Crippen molar-refractivity contribution < 1.29 is 5.11 Å². The van der Waals surface area contributed by atoms with E-state index in [0.717, 1.165) is 19.4 Å². The average molecular weight is 262 g/mol. The van der Waals surface area contributed by atoms with Gasteiger partial charge in [0.1, 0.15) is 12.7 Å².